The fraction of sp³-hybridized carbons (Fsp3) is 0.600. The summed E-state index contributed by atoms with van der Waals surface area (Å²) in [6.07, 6.45) is 2.52. The molecule has 0 fully saturated rings. The van der Waals surface area contributed by atoms with Gasteiger partial charge in [0, 0.05) is 26.2 Å². The molecular formula is C10H17N3O2. The SMILES string of the molecule is Cn1ccc(CCNC(=O)C(C)(C)O)n1. The molecule has 0 radical (unpaired) electrons. The number of aromatic nitrogens is 2. The highest BCUT2D eigenvalue weighted by Crippen LogP contribution is 2.00. The first-order valence-corrected chi connectivity index (χ1v) is 4.89. The van der Waals surface area contributed by atoms with Crippen molar-refractivity contribution < 1.29 is 9.90 Å². The lowest BCUT2D eigenvalue weighted by Gasteiger charge is -2.16. The first-order chi connectivity index (χ1) is 6.89. The van der Waals surface area contributed by atoms with Gasteiger partial charge in [0.15, 0.2) is 0 Å². The van der Waals surface area contributed by atoms with Crippen molar-refractivity contribution >= 4 is 5.91 Å². The maximum absolute atomic E-state index is 11.3. The highest BCUT2D eigenvalue weighted by molar-refractivity contribution is 5.83. The van der Waals surface area contributed by atoms with E-state index in [0.29, 0.717) is 13.0 Å². The Morgan fingerprint density at radius 2 is 2.33 bits per heavy atom. The predicted octanol–water partition coefficient (Wildman–Crippen LogP) is -0.150. The summed E-state index contributed by atoms with van der Waals surface area (Å²) in [4.78, 5) is 11.3. The third kappa shape index (κ3) is 3.71. The second-order valence-electron chi connectivity index (χ2n) is 4.05. The Labute approximate surface area is 89.1 Å². The first-order valence-electron chi connectivity index (χ1n) is 4.89. The zero-order chi connectivity index (χ0) is 11.5. The number of carbonyl (C=O) groups is 1. The summed E-state index contributed by atoms with van der Waals surface area (Å²) in [6.45, 7) is 3.41. The molecule has 5 heteroatoms. The minimum Gasteiger partial charge on any atom is -0.381 e. The number of aliphatic hydroxyl groups is 1. The standard InChI is InChI=1S/C10H17N3O2/c1-10(2,15)9(14)11-6-4-8-5-7-13(3)12-8/h5,7,15H,4,6H2,1-3H3,(H,11,14). The molecule has 1 amide bonds. The molecule has 5 nitrogen and oxygen atoms in total. The molecule has 0 spiro atoms. The number of rotatable bonds is 4. The van der Waals surface area contributed by atoms with Crippen molar-refractivity contribution in [2.75, 3.05) is 6.54 Å². The molecule has 0 atom stereocenters. The molecule has 0 saturated carbocycles. The monoisotopic (exact) mass is 211 g/mol. The zero-order valence-corrected chi connectivity index (χ0v) is 9.32. The van der Waals surface area contributed by atoms with Gasteiger partial charge in [-0.3, -0.25) is 9.48 Å². The molecule has 15 heavy (non-hydrogen) atoms. The molecule has 0 aliphatic rings. The number of carbonyl (C=O) groups excluding carboxylic acids is 1. The molecule has 1 aromatic heterocycles. The predicted molar refractivity (Wildman–Crippen MR) is 56.2 cm³/mol. The molecular weight excluding hydrogens is 194 g/mol. The van der Waals surface area contributed by atoms with Crippen molar-refractivity contribution in [3.63, 3.8) is 0 Å². The summed E-state index contributed by atoms with van der Waals surface area (Å²) < 4.78 is 1.72. The van der Waals surface area contributed by atoms with Crippen LogP contribution < -0.4 is 5.32 Å². The van der Waals surface area contributed by atoms with Crippen LogP contribution >= 0.6 is 0 Å². The second-order valence-corrected chi connectivity index (χ2v) is 4.05. The Kier molecular flexibility index (Phi) is 3.47. The van der Waals surface area contributed by atoms with E-state index >= 15 is 0 Å². The number of amides is 1. The van der Waals surface area contributed by atoms with Crippen LogP contribution in [0.15, 0.2) is 12.3 Å². The van der Waals surface area contributed by atoms with Crippen LogP contribution in [0.25, 0.3) is 0 Å². The number of aryl methyl sites for hydroxylation is 1. The smallest absolute Gasteiger partial charge is 0.251 e. The van der Waals surface area contributed by atoms with Gasteiger partial charge in [0.2, 0.25) is 0 Å². The fourth-order valence-corrected chi connectivity index (χ4v) is 1.12. The summed E-state index contributed by atoms with van der Waals surface area (Å²) in [6, 6.07) is 1.90. The third-order valence-corrected chi connectivity index (χ3v) is 1.99. The average molecular weight is 211 g/mol. The van der Waals surface area contributed by atoms with Crippen LogP contribution in [-0.2, 0) is 18.3 Å². The number of nitrogens with one attached hydrogen (secondary N) is 1. The van der Waals surface area contributed by atoms with E-state index in [0.717, 1.165) is 5.69 Å². The Morgan fingerprint density at radius 1 is 1.67 bits per heavy atom. The summed E-state index contributed by atoms with van der Waals surface area (Å²) in [5.41, 5.74) is -0.391. The average Bonchev–Trinajstić information content (AvgIpc) is 2.49. The quantitative estimate of drug-likeness (QED) is 0.728. The molecule has 0 bridgehead atoms. The number of hydrogen-bond acceptors (Lipinski definition) is 3. The van der Waals surface area contributed by atoms with Crippen LogP contribution in [0.5, 0.6) is 0 Å². The molecule has 1 aromatic rings. The van der Waals surface area contributed by atoms with Crippen molar-refractivity contribution in [2.24, 2.45) is 7.05 Å². The summed E-state index contributed by atoms with van der Waals surface area (Å²) in [5, 5.41) is 16.2. The van der Waals surface area contributed by atoms with Gasteiger partial charge in [0.05, 0.1) is 5.69 Å². The molecule has 0 unspecified atom stereocenters. The summed E-state index contributed by atoms with van der Waals surface area (Å²) in [7, 11) is 1.85. The largest absolute Gasteiger partial charge is 0.381 e. The molecule has 0 aliphatic heterocycles. The minimum atomic E-state index is -1.32. The van der Waals surface area contributed by atoms with Crippen LogP contribution in [0.4, 0.5) is 0 Å². The van der Waals surface area contributed by atoms with Gasteiger partial charge >= 0.3 is 0 Å². The van der Waals surface area contributed by atoms with Crippen molar-refractivity contribution in [1.82, 2.24) is 15.1 Å². The van der Waals surface area contributed by atoms with Crippen molar-refractivity contribution in [1.29, 1.82) is 0 Å². The van der Waals surface area contributed by atoms with Crippen LogP contribution in [-0.4, -0.2) is 32.9 Å². The van der Waals surface area contributed by atoms with Crippen LogP contribution in [0.2, 0.25) is 0 Å². The lowest BCUT2D eigenvalue weighted by atomic mass is 10.1. The molecule has 2 N–H and O–H groups in total. The van der Waals surface area contributed by atoms with E-state index in [1.54, 1.807) is 4.68 Å². The second kappa shape index (κ2) is 4.44. The van der Waals surface area contributed by atoms with E-state index in [2.05, 4.69) is 10.4 Å². The Balaban J connectivity index is 2.31. The lowest BCUT2D eigenvalue weighted by molar-refractivity contribution is -0.136. The zero-order valence-electron chi connectivity index (χ0n) is 9.32. The molecule has 0 aromatic carbocycles. The highest BCUT2D eigenvalue weighted by atomic mass is 16.3. The normalized spacial score (nSPS) is 11.5. The molecule has 1 heterocycles. The van der Waals surface area contributed by atoms with E-state index < -0.39 is 5.60 Å². The van der Waals surface area contributed by atoms with Crippen molar-refractivity contribution in [3.8, 4) is 0 Å². The molecule has 0 aliphatic carbocycles. The van der Waals surface area contributed by atoms with Gasteiger partial charge < -0.3 is 10.4 Å². The van der Waals surface area contributed by atoms with Gasteiger partial charge in [-0.2, -0.15) is 5.10 Å². The summed E-state index contributed by atoms with van der Waals surface area (Å²) >= 11 is 0. The van der Waals surface area contributed by atoms with E-state index in [-0.39, 0.29) is 5.91 Å². The third-order valence-electron chi connectivity index (χ3n) is 1.99. The van der Waals surface area contributed by atoms with Crippen LogP contribution in [0, 0.1) is 0 Å². The molecule has 84 valence electrons. The minimum absolute atomic E-state index is 0.363. The van der Waals surface area contributed by atoms with Gasteiger partial charge in [-0.1, -0.05) is 0 Å². The Hall–Kier alpha value is -1.36. The van der Waals surface area contributed by atoms with E-state index in [9.17, 15) is 9.90 Å². The Morgan fingerprint density at radius 3 is 2.80 bits per heavy atom. The van der Waals surface area contributed by atoms with E-state index in [1.807, 2.05) is 19.3 Å². The van der Waals surface area contributed by atoms with Gasteiger partial charge in [-0.05, 0) is 19.9 Å². The number of hydrogen-bond donors (Lipinski definition) is 2. The van der Waals surface area contributed by atoms with E-state index in [1.165, 1.54) is 13.8 Å². The molecule has 0 saturated heterocycles. The van der Waals surface area contributed by atoms with Gasteiger partial charge in [-0.25, -0.2) is 0 Å². The van der Waals surface area contributed by atoms with Crippen LogP contribution in [0.1, 0.15) is 19.5 Å². The maximum atomic E-state index is 11.3. The van der Waals surface area contributed by atoms with Gasteiger partial charge in [0.25, 0.3) is 5.91 Å². The lowest BCUT2D eigenvalue weighted by Crippen LogP contribution is -2.42. The Bertz CT molecular complexity index is 339. The molecule has 1 rings (SSSR count). The van der Waals surface area contributed by atoms with Crippen molar-refractivity contribution in [2.45, 2.75) is 25.9 Å². The van der Waals surface area contributed by atoms with Gasteiger partial charge in [-0.15, -0.1) is 0 Å². The van der Waals surface area contributed by atoms with Crippen LogP contribution in [0.3, 0.4) is 0 Å². The maximum Gasteiger partial charge on any atom is 0.251 e. The van der Waals surface area contributed by atoms with Crippen molar-refractivity contribution in [3.05, 3.63) is 18.0 Å². The number of nitrogens with zero attached hydrogens (tertiary/aromatic N) is 2. The highest BCUT2D eigenvalue weighted by Gasteiger charge is 2.22. The topological polar surface area (TPSA) is 67.2 Å². The summed E-state index contributed by atoms with van der Waals surface area (Å²) in [5.74, 6) is -0.363. The first kappa shape index (κ1) is 11.7. The van der Waals surface area contributed by atoms with Gasteiger partial charge in [0.1, 0.15) is 5.60 Å². The van der Waals surface area contributed by atoms with E-state index in [4.69, 9.17) is 0 Å². The fourth-order valence-electron chi connectivity index (χ4n) is 1.12.